The van der Waals surface area contributed by atoms with Crippen LogP contribution < -0.4 is 5.32 Å². The SMILES string of the molecule is CS(=O)(=O)c1cccc(NC(=O)N2CCC[C@]3(CC=CCC3)C2)c1. The topological polar surface area (TPSA) is 66.5 Å². The Bertz CT molecular complexity index is 757. The summed E-state index contributed by atoms with van der Waals surface area (Å²) in [4.78, 5) is 14.7. The number of carbonyl (C=O) groups is 1. The zero-order chi connectivity index (χ0) is 17.2. The summed E-state index contributed by atoms with van der Waals surface area (Å²) >= 11 is 0. The molecule has 3 rings (SSSR count). The van der Waals surface area contributed by atoms with E-state index in [4.69, 9.17) is 0 Å². The molecule has 24 heavy (non-hydrogen) atoms. The average molecular weight is 348 g/mol. The number of amides is 2. The van der Waals surface area contributed by atoms with Crippen LogP contribution in [-0.4, -0.2) is 38.7 Å². The molecule has 1 fully saturated rings. The molecule has 0 aromatic heterocycles. The maximum atomic E-state index is 12.6. The highest BCUT2D eigenvalue weighted by Gasteiger charge is 2.36. The van der Waals surface area contributed by atoms with E-state index in [2.05, 4.69) is 17.5 Å². The second kappa shape index (κ2) is 6.59. The number of sulfone groups is 1. The van der Waals surface area contributed by atoms with Gasteiger partial charge in [-0.15, -0.1) is 0 Å². The molecule has 0 radical (unpaired) electrons. The van der Waals surface area contributed by atoms with Crippen LogP contribution in [0.4, 0.5) is 10.5 Å². The van der Waals surface area contributed by atoms with Crippen LogP contribution in [0.5, 0.6) is 0 Å². The Morgan fingerprint density at radius 2 is 2.08 bits per heavy atom. The van der Waals surface area contributed by atoms with E-state index < -0.39 is 9.84 Å². The van der Waals surface area contributed by atoms with E-state index in [1.165, 1.54) is 24.8 Å². The quantitative estimate of drug-likeness (QED) is 0.833. The molecule has 1 atom stereocenters. The van der Waals surface area contributed by atoms with E-state index in [0.717, 1.165) is 38.8 Å². The Labute approximate surface area is 143 Å². The van der Waals surface area contributed by atoms with Crippen molar-refractivity contribution < 1.29 is 13.2 Å². The van der Waals surface area contributed by atoms with E-state index in [1.54, 1.807) is 12.1 Å². The number of hydrogen-bond acceptors (Lipinski definition) is 3. The van der Waals surface area contributed by atoms with Gasteiger partial charge in [0.15, 0.2) is 9.84 Å². The third-order valence-corrected chi connectivity index (χ3v) is 6.13. The Kier molecular flexibility index (Phi) is 4.67. The molecule has 6 heteroatoms. The number of allylic oxidation sites excluding steroid dienone is 2. The molecule has 0 saturated carbocycles. The predicted molar refractivity (Wildman–Crippen MR) is 94.8 cm³/mol. The third-order valence-electron chi connectivity index (χ3n) is 5.02. The van der Waals surface area contributed by atoms with Crippen molar-refractivity contribution in [3.8, 4) is 0 Å². The van der Waals surface area contributed by atoms with Crippen molar-refractivity contribution in [3.05, 3.63) is 36.4 Å². The Balaban J connectivity index is 1.70. The van der Waals surface area contributed by atoms with Crippen LogP contribution in [0.25, 0.3) is 0 Å². The number of piperidine rings is 1. The van der Waals surface area contributed by atoms with Gasteiger partial charge in [0.25, 0.3) is 0 Å². The van der Waals surface area contributed by atoms with Crippen LogP contribution in [0.3, 0.4) is 0 Å². The van der Waals surface area contributed by atoms with Gasteiger partial charge in [-0.05, 0) is 55.7 Å². The van der Waals surface area contributed by atoms with Gasteiger partial charge >= 0.3 is 6.03 Å². The highest BCUT2D eigenvalue weighted by Crippen LogP contribution is 2.40. The van der Waals surface area contributed by atoms with Gasteiger partial charge in [-0.1, -0.05) is 18.2 Å². The fraction of sp³-hybridized carbons (Fsp3) is 0.500. The molecule has 130 valence electrons. The molecule has 1 spiro atoms. The van der Waals surface area contributed by atoms with Gasteiger partial charge in [0.2, 0.25) is 0 Å². The van der Waals surface area contributed by atoms with Gasteiger partial charge in [0.1, 0.15) is 0 Å². The van der Waals surface area contributed by atoms with Crippen molar-refractivity contribution in [1.82, 2.24) is 4.90 Å². The summed E-state index contributed by atoms with van der Waals surface area (Å²) in [5.41, 5.74) is 0.741. The molecule has 1 heterocycles. The van der Waals surface area contributed by atoms with Crippen molar-refractivity contribution in [2.24, 2.45) is 5.41 Å². The fourth-order valence-corrected chi connectivity index (χ4v) is 4.37. The molecule has 1 saturated heterocycles. The summed E-state index contributed by atoms with van der Waals surface area (Å²) in [5.74, 6) is 0. The van der Waals surface area contributed by atoms with Crippen LogP contribution in [-0.2, 0) is 9.84 Å². The van der Waals surface area contributed by atoms with Crippen molar-refractivity contribution in [1.29, 1.82) is 0 Å². The predicted octanol–water partition coefficient (Wildman–Crippen LogP) is 3.44. The first-order valence-corrected chi connectivity index (χ1v) is 10.3. The molecule has 1 aliphatic carbocycles. The van der Waals surface area contributed by atoms with Crippen molar-refractivity contribution in [2.45, 2.75) is 37.0 Å². The van der Waals surface area contributed by atoms with E-state index >= 15 is 0 Å². The zero-order valence-electron chi connectivity index (χ0n) is 14.0. The number of likely N-dealkylation sites (tertiary alicyclic amines) is 1. The van der Waals surface area contributed by atoms with E-state index in [1.807, 2.05) is 4.90 Å². The smallest absolute Gasteiger partial charge is 0.321 e. The summed E-state index contributed by atoms with van der Waals surface area (Å²) in [5, 5.41) is 2.85. The monoisotopic (exact) mass is 348 g/mol. The van der Waals surface area contributed by atoms with Crippen LogP contribution in [0.15, 0.2) is 41.3 Å². The molecule has 0 bridgehead atoms. The highest BCUT2D eigenvalue weighted by atomic mass is 32.2. The highest BCUT2D eigenvalue weighted by molar-refractivity contribution is 7.90. The summed E-state index contributed by atoms with van der Waals surface area (Å²) < 4.78 is 23.3. The number of anilines is 1. The molecule has 1 aromatic carbocycles. The van der Waals surface area contributed by atoms with Crippen LogP contribution >= 0.6 is 0 Å². The number of benzene rings is 1. The Morgan fingerprint density at radius 3 is 2.79 bits per heavy atom. The maximum absolute atomic E-state index is 12.6. The molecular weight excluding hydrogens is 324 g/mol. The minimum Gasteiger partial charge on any atom is -0.324 e. The van der Waals surface area contributed by atoms with Gasteiger partial charge in [0.05, 0.1) is 4.90 Å². The second-order valence-electron chi connectivity index (χ2n) is 6.97. The van der Waals surface area contributed by atoms with Gasteiger partial charge < -0.3 is 10.2 Å². The number of nitrogens with zero attached hydrogens (tertiary/aromatic N) is 1. The van der Waals surface area contributed by atoms with E-state index in [-0.39, 0.29) is 16.3 Å². The molecule has 1 aromatic rings. The summed E-state index contributed by atoms with van der Waals surface area (Å²) in [7, 11) is -3.28. The second-order valence-corrected chi connectivity index (χ2v) is 8.99. The lowest BCUT2D eigenvalue weighted by molar-refractivity contribution is 0.102. The number of nitrogens with one attached hydrogen (secondary N) is 1. The lowest BCUT2D eigenvalue weighted by Gasteiger charge is -2.43. The van der Waals surface area contributed by atoms with Gasteiger partial charge in [-0.3, -0.25) is 0 Å². The first-order chi connectivity index (χ1) is 11.4. The third kappa shape index (κ3) is 3.80. The first-order valence-electron chi connectivity index (χ1n) is 8.39. The molecule has 5 nitrogen and oxygen atoms in total. The Hall–Kier alpha value is -1.82. The molecule has 1 N–H and O–H groups in total. The lowest BCUT2D eigenvalue weighted by atomic mass is 9.71. The minimum absolute atomic E-state index is 0.144. The van der Waals surface area contributed by atoms with Crippen LogP contribution in [0.2, 0.25) is 0 Å². The molecule has 0 unspecified atom stereocenters. The van der Waals surface area contributed by atoms with Crippen molar-refractivity contribution >= 4 is 21.6 Å². The fourth-order valence-electron chi connectivity index (χ4n) is 3.70. The van der Waals surface area contributed by atoms with Gasteiger partial charge in [-0.2, -0.15) is 0 Å². The average Bonchev–Trinajstić information content (AvgIpc) is 2.55. The molecule has 2 amide bonds. The summed E-state index contributed by atoms with van der Waals surface area (Å²) in [6, 6.07) is 6.27. The number of hydrogen-bond donors (Lipinski definition) is 1. The van der Waals surface area contributed by atoms with Crippen LogP contribution in [0, 0.1) is 5.41 Å². The molecule has 1 aliphatic heterocycles. The summed E-state index contributed by atoms with van der Waals surface area (Å²) in [6.07, 6.45) is 11.1. The zero-order valence-corrected chi connectivity index (χ0v) is 14.8. The lowest BCUT2D eigenvalue weighted by Crippen LogP contribution is -2.48. The van der Waals surface area contributed by atoms with E-state index in [0.29, 0.717) is 5.69 Å². The number of carbonyl (C=O) groups excluding carboxylic acids is 1. The number of rotatable bonds is 2. The minimum atomic E-state index is -3.28. The molecular formula is C18H24N2O3S. The van der Waals surface area contributed by atoms with E-state index in [9.17, 15) is 13.2 Å². The largest absolute Gasteiger partial charge is 0.324 e. The maximum Gasteiger partial charge on any atom is 0.321 e. The normalized spacial score (nSPS) is 24.1. The first kappa shape index (κ1) is 17.0. The van der Waals surface area contributed by atoms with Gasteiger partial charge in [-0.25, -0.2) is 13.2 Å². The van der Waals surface area contributed by atoms with Crippen LogP contribution in [0.1, 0.15) is 32.1 Å². The van der Waals surface area contributed by atoms with Gasteiger partial charge in [0, 0.05) is 25.0 Å². The molecule has 2 aliphatic rings. The van der Waals surface area contributed by atoms with Crippen molar-refractivity contribution in [3.63, 3.8) is 0 Å². The standard InChI is InChI=1S/C18H24N2O3S/c1-24(22,23)16-8-5-7-15(13-16)19-17(21)20-12-6-11-18(14-20)9-3-2-4-10-18/h2-3,5,7-8,13H,4,6,9-12,14H2,1H3,(H,19,21)/t18-/m1/s1. The summed E-state index contributed by atoms with van der Waals surface area (Å²) in [6.45, 7) is 1.53. The van der Waals surface area contributed by atoms with Crippen molar-refractivity contribution in [2.75, 3.05) is 24.7 Å². The number of urea groups is 1. The Morgan fingerprint density at radius 1 is 1.25 bits per heavy atom.